The molecule has 0 spiro atoms. The first-order valence-corrected chi connectivity index (χ1v) is 6.46. The number of halogens is 3. The number of likely N-dealkylation sites (N-methyl/N-ethyl adjacent to an activating group) is 1. The summed E-state index contributed by atoms with van der Waals surface area (Å²) >= 11 is 0. The van der Waals surface area contributed by atoms with Gasteiger partial charge in [-0.2, -0.15) is 0 Å². The molecular formula is C10H15ClF2N2O2S. The molecule has 0 fully saturated rings. The first-order valence-electron chi connectivity index (χ1n) is 4.98. The van der Waals surface area contributed by atoms with Gasteiger partial charge in [-0.15, -0.1) is 12.4 Å². The summed E-state index contributed by atoms with van der Waals surface area (Å²) in [6.07, 6.45) is 0. The normalized spacial score (nSPS) is 12.9. The molecule has 1 aromatic carbocycles. The van der Waals surface area contributed by atoms with Crippen LogP contribution in [-0.2, 0) is 10.0 Å². The van der Waals surface area contributed by atoms with Crippen LogP contribution in [0.3, 0.4) is 0 Å². The van der Waals surface area contributed by atoms with Crippen LogP contribution >= 0.6 is 12.4 Å². The van der Waals surface area contributed by atoms with Gasteiger partial charge in [0.2, 0.25) is 10.0 Å². The maximum Gasteiger partial charge on any atom is 0.240 e. The Labute approximate surface area is 111 Å². The molecule has 0 saturated heterocycles. The van der Waals surface area contributed by atoms with E-state index in [9.17, 15) is 17.2 Å². The smallest absolute Gasteiger partial charge is 0.240 e. The van der Waals surface area contributed by atoms with Crippen LogP contribution in [0.4, 0.5) is 8.78 Å². The van der Waals surface area contributed by atoms with Gasteiger partial charge >= 0.3 is 0 Å². The molecule has 1 rings (SSSR count). The van der Waals surface area contributed by atoms with Crippen molar-refractivity contribution in [2.75, 3.05) is 13.6 Å². The SMILES string of the molecule is CNC(C)CNS(=O)(=O)c1cc(F)cc(F)c1.Cl. The van der Waals surface area contributed by atoms with Crippen molar-refractivity contribution in [1.82, 2.24) is 10.0 Å². The maximum absolute atomic E-state index is 12.9. The van der Waals surface area contributed by atoms with Crippen LogP contribution in [-0.4, -0.2) is 28.1 Å². The summed E-state index contributed by atoms with van der Waals surface area (Å²) < 4.78 is 51.4. The number of rotatable bonds is 5. The topological polar surface area (TPSA) is 58.2 Å². The monoisotopic (exact) mass is 300 g/mol. The summed E-state index contributed by atoms with van der Waals surface area (Å²) in [5.41, 5.74) is 0. The molecule has 2 N–H and O–H groups in total. The second-order valence-corrected chi connectivity index (χ2v) is 5.41. The van der Waals surface area contributed by atoms with E-state index in [0.717, 1.165) is 12.1 Å². The number of hydrogen-bond donors (Lipinski definition) is 2. The summed E-state index contributed by atoms with van der Waals surface area (Å²) in [7, 11) is -2.20. The molecule has 0 aliphatic rings. The van der Waals surface area contributed by atoms with Crippen LogP contribution in [0, 0.1) is 11.6 Å². The lowest BCUT2D eigenvalue weighted by Crippen LogP contribution is -2.37. The molecular weight excluding hydrogens is 286 g/mol. The average molecular weight is 301 g/mol. The van der Waals surface area contributed by atoms with Crippen molar-refractivity contribution in [3.8, 4) is 0 Å². The van der Waals surface area contributed by atoms with Crippen molar-refractivity contribution in [3.05, 3.63) is 29.8 Å². The highest BCUT2D eigenvalue weighted by Gasteiger charge is 2.16. The van der Waals surface area contributed by atoms with Gasteiger partial charge in [0.1, 0.15) is 11.6 Å². The van der Waals surface area contributed by atoms with E-state index in [1.807, 2.05) is 0 Å². The summed E-state index contributed by atoms with van der Waals surface area (Å²) in [6.45, 7) is 1.91. The van der Waals surface area contributed by atoms with Crippen LogP contribution < -0.4 is 10.0 Å². The van der Waals surface area contributed by atoms with E-state index >= 15 is 0 Å². The van der Waals surface area contributed by atoms with Crippen molar-refractivity contribution in [1.29, 1.82) is 0 Å². The third-order valence-corrected chi connectivity index (χ3v) is 3.62. The Morgan fingerprint density at radius 3 is 2.17 bits per heavy atom. The average Bonchev–Trinajstić information content (AvgIpc) is 2.24. The molecule has 0 heterocycles. The van der Waals surface area contributed by atoms with Crippen molar-refractivity contribution < 1.29 is 17.2 Å². The molecule has 18 heavy (non-hydrogen) atoms. The number of benzene rings is 1. The highest BCUT2D eigenvalue weighted by Crippen LogP contribution is 2.13. The lowest BCUT2D eigenvalue weighted by Gasteiger charge is -2.12. The Kier molecular flexibility index (Phi) is 6.69. The summed E-state index contributed by atoms with van der Waals surface area (Å²) in [6, 6.07) is 2.09. The van der Waals surface area contributed by atoms with Crippen LogP contribution in [0.2, 0.25) is 0 Å². The second kappa shape index (κ2) is 6.98. The highest BCUT2D eigenvalue weighted by atomic mass is 35.5. The zero-order chi connectivity index (χ0) is 13.1. The molecule has 104 valence electrons. The van der Waals surface area contributed by atoms with Gasteiger partial charge in [-0.05, 0) is 26.1 Å². The van der Waals surface area contributed by atoms with Gasteiger partial charge in [0.05, 0.1) is 4.90 Å². The quantitative estimate of drug-likeness (QED) is 0.861. The van der Waals surface area contributed by atoms with Gasteiger partial charge in [0, 0.05) is 18.7 Å². The predicted molar refractivity (Wildman–Crippen MR) is 67.3 cm³/mol. The van der Waals surface area contributed by atoms with E-state index in [1.54, 1.807) is 14.0 Å². The molecule has 0 bridgehead atoms. The number of sulfonamides is 1. The van der Waals surface area contributed by atoms with Gasteiger partial charge in [0.15, 0.2) is 0 Å². The fourth-order valence-electron chi connectivity index (χ4n) is 1.10. The summed E-state index contributed by atoms with van der Waals surface area (Å²) in [5.74, 6) is -1.85. The minimum absolute atomic E-state index is 0. The van der Waals surface area contributed by atoms with E-state index in [1.165, 1.54) is 0 Å². The Bertz CT molecular complexity index is 476. The van der Waals surface area contributed by atoms with Crippen LogP contribution in [0.1, 0.15) is 6.92 Å². The van der Waals surface area contributed by atoms with Crippen LogP contribution in [0.5, 0.6) is 0 Å². The lowest BCUT2D eigenvalue weighted by molar-refractivity contribution is 0.546. The first-order chi connectivity index (χ1) is 7.85. The molecule has 0 aromatic heterocycles. The number of nitrogens with one attached hydrogen (secondary N) is 2. The van der Waals surface area contributed by atoms with Crippen molar-refractivity contribution in [2.45, 2.75) is 17.9 Å². The van der Waals surface area contributed by atoms with Crippen molar-refractivity contribution in [2.24, 2.45) is 0 Å². The van der Waals surface area contributed by atoms with Gasteiger partial charge in [0.25, 0.3) is 0 Å². The lowest BCUT2D eigenvalue weighted by atomic mass is 10.3. The maximum atomic E-state index is 12.9. The summed E-state index contributed by atoms with van der Waals surface area (Å²) in [4.78, 5) is -0.418. The van der Waals surface area contributed by atoms with E-state index in [4.69, 9.17) is 0 Å². The molecule has 1 atom stereocenters. The third kappa shape index (κ3) is 4.85. The molecule has 4 nitrogen and oxygen atoms in total. The molecule has 8 heteroatoms. The zero-order valence-corrected chi connectivity index (χ0v) is 11.5. The molecule has 0 radical (unpaired) electrons. The third-order valence-electron chi connectivity index (χ3n) is 2.22. The Balaban J connectivity index is 0.00000289. The Morgan fingerprint density at radius 1 is 1.22 bits per heavy atom. The van der Waals surface area contributed by atoms with Crippen LogP contribution in [0.25, 0.3) is 0 Å². The molecule has 0 aliphatic carbocycles. The second-order valence-electron chi connectivity index (χ2n) is 3.65. The van der Waals surface area contributed by atoms with E-state index < -0.39 is 26.6 Å². The molecule has 1 aromatic rings. The first kappa shape index (κ1) is 17.2. The van der Waals surface area contributed by atoms with Gasteiger partial charge in [-0.25, -0.2) is 21.9 Å². The number of hydrogen-bond acceptors (Lipinski definition) is 3. The minimum atomic E-state index is -3.88. The van der Waals surface area contributed by atoms with Gasteiger partial charge < -0.3 is 5.32 Å². The standard InChI is InChI=1S/C10H14F2N2O2S.ClH/c1-7(13-2)6-14-17(15,16)10-4-8(11)3-9(12)5-10;/h3-5,7,13-14H,6H2,1-2H3;1H. The molecule has 1 unspecified atom stereocenters. The van der Waals surface area contributed by atoms with Crippen LogP contribution in [0.15, 0.2) is 23.1 Å². The van der Waals surface area contributed by atoms with Crippen molar-refractivity contribution in [3.63, 3.8) is 0 Å². The Morgan fingerprint density at radius 2 is 1.72 bits per heavy atom. The van der Waals surface area contributed by atoms with E-state index in [2.05, 4.69) is 10.0 Å². The minimum Gasteiger partial charge on any atom is -0.316 e. The highest BCUT2D eigenvalue weighted by molar-refractivity contribution is 7.89. The van der Waals surface area contributed by atoms with Gasteiger partial charge in [-0.3, -0.25) is 0 Å². The molecule has 0 aliphatic heterocycles. The predicted octanol–water partition coefficient (Wildman–Crippen LogP) is 1.27. The Hall–Kier alpha value is -0.760. The zero-order valence-electron chi connectivity index (χ0n) is 9.91. The van der Waals surface area contributed by atoms with Crippen molar-refractivity contribution >= 4 is 22.4 Å². The fourth-order valence-corrected chi connectivity index (χ4v) is 2.28. The molecule has 0 amide bonds. The van der Waals surface area contributed by atoms with E-state index in [0.29, 0.717) is 6.07 Å². The fraction of sp³-hybridized carbons (Fsp3) is 0.400. The largest absolute Gasteiger partial charge is 0.316 e. The van der Waals surface area contributed by atoms with E-state index in [-0.39, 0.29) is 25.0 Å². The van der Waals surface area contributed by atoms with Gasteiger partial charge in [-0.1, -0.05) is 0 Å². The molecule has 0 saturated carbocycles. The summed E-state index contributed by atoms with van der Waals surface area (Å²) in [5, 5.41) is 2.84.